The third kappa shape index (κ3) is 7.45. The van der Waals surface area contributed by atoms with Gasteiger partial charge in [-0.25, -0.2) is 0 Å². The van der Waals surface area contributed by atoms with E-state index in [1.165, 1.54) is 6.08 Å². The Labute approximate surface area is 152 Å². The normalized spacial score (nSPS) is 25.0. The van der Waals surface area contributed by atoms with E-state index in [2.05, 4.69) is 0 Å². The number of hydrogen-bond donors (Lipinski definition) is 4. The van der Waals surface area contributed by atoms with E-state index in [1.807, 2.05) is 6.08 Å². The molecule has 0 heterocycles. The van der Waals surface area contributed by atoms with Crippen LogP contribution in [0.5, 0.6) is 0 Å². The molecule has 2 aliphatic carbocycles. The van der Waals surface area contributed by atoms with Crippen LogP contribution >= 0.6 is 0 Å². The van der Waals surface area contributed by atoms with Crippen molar-refractivity contribution >= 4 is 23.5 Å². The molecule has 0 aromatic heterocycles. The summed E-state index contributed by atoms with van der Waals surface area (Å²) in [5, 5.41) is 17.1. The van der Waals surface area contributed by atoms with Gasteiger partial charge in [0.25, 0.3) is 0 Å². The quantitative estimate of drug-likeness (QED) is 0.537. The molecule has 6 N–H and O–H groups in total. The van der Waals surface area contributed by atoms with Crippen LogP contribution in [-0.2, 0) is 19.2 Å². The molecule has 0 aromatic rings. The van der Waals surface area contributed by atoms with Crippen molar-refractivity contribution in [1.29, 1.82) is 0 Å². The van der Waals surface area contributed by atoms with Crippen molar-refractivity contribution in [2.45, 2.75) is 63.5 Å². The number of allylic oxidation sites excluding steroid dienone is 2. The van der Waals surface area contributed by atoms with E-state index in [4.69, 9.17) is 21.7 Å². The van der Waals surface area contributed by atoms with Crippen LogP contribution in [-0.4, -0.2) is 45.8 Å². The van der Waals surface area contributed by atoms with Crippen LogP contribution in [0.3, 0.4) is 0 Å². The molecule has 26 heavy (non-hydrogen) atoms. The number of Topliss-reactive ketones (excluding diaryl/α,β-unsaturated/α-hetero) is 1. The van der Waals surface area contributed by atoms with Gasteiger partial charge in [0, 0.05) is 18.3 Å². The van der Waals surface area contributed by atoms with Gasteiger partial charge in [-0.05, 0) is 44.6 Å². The summed E-state index contributed by atoms with van der Waals surface area (Å²) in [6, 6.07) is -1.80. The smallest absolute Gasteiger partial charge is 0.320 e. The van der Waals surface area contributed by atoms with Crippen molar-refractivity contribution in [2.24, 2.45) is 23.3 Å². The highest BCUT2D eigenvalue weighted by molar-refractivity contribution is 5.92. The van der Waals surface area contributed by atoms with Gasteiger partial charge in [-0.1, -0.05) is 12.5 Å². The van der Waals surface area contributed by atoms with Gasteiger partial charge in [-0.3, -0.25) is 19.2 Å². The third-order valence-corrected chi connectivity index (χ3v) is 4.76. The minimum Gasteiger partial charge on any atom is -0.480 e. The Balaban J connectivity index is 0.000000260. The monoisotopic (exact) mass is 368 g/mol. The Kier molecular flexibility index (Phi) is 9.15. The van der Waals surface area contributed by atoms with Crippen molar-refractivity contribution in [1.82, 2.24) is 0 Å². The second-order valence-electron chi connectivity index (χ2n) is 6.85. The molecule has 0 amide bonds. The van der Waals surface area contributed by atoms with E-state index >= 15 is 0 Å². The standard InChI is InChI=1S/C9H15NO3.C9H13NO3/c2*10-7(9(12)13)5-6-3-1-2-4-8(6)11/h6-7H,1-5,10H2,(H,12,13);2,4,6-7H,1,3,5,10H2,(H,12,13). The van der Waals surface area contributed by atoms with Crippen molar-refractivity contribution in [2.75, 3.05) is 0 Å². The van der Waals surface area contributed by atoms with Crippen molar-refractivity contribution in [3.05, 3.63) is 12.2 Å². The molecule has 8 heteroatoms. The topological polar surface area (TPSA) is 161 Å². The van der Waals surface area contributed by atoms with Gasteiger partial charge in [0.05, 0.1) is 0 Å². The molecule has 1 saturated carbocycles. The predicted molar refractivity (Wildman–Crippen MR) is 94.3 cm³/mol. The molecule has 0 bridgehead atoms. The zero-order valence-corrected chi connectivity index (χ0v) is 14.8. The van der Waals surface area contributed by atoms with E-state index in [0.29, 0.717) is 12.8 Å². The number of carbonyl (C=O) groups is 4. The molecular formula is C18H28N2O6. The first-order valence-corrected chi connectivity index (χ1v) is 8.92. The van der Waals surface area contributed by atoms with Crippen molar-refractivity contribution in [3.8, 4) is 0 Å². The molecule has 0 radical (unpaired) electrons. The summed E-state index contributed by atoms with van der Waals surface area (Å²) in [4.78, 5) is 43.4. The van der Waals surface area contributed by atoms with Gasteiger partial charge >= 0.3 is 11.9 Å². The third-order valence-electron chi connectivity index (χ3n) is 4.76. The maximum atomic E-state index is 11.3. The summed E-state index contributed by atoms with van der Waals surface area (Å²) in [7, 11) is 0. The highest BCUT2D eigenvalue weighted by Gasteiger charge is 2.26. The number of carbonyl (C=O) groups excluding carboxylic acids is 2. The first-order chi connectivity index (χ1) is 12.2. The van der Waals surface area contributed by atoms with Crippen LogP contribution in [0.4, 0.5) is 0 Å². The summed E-state index contributed by atoms with van der Waals surface area (Å²) in [6.45, 7) is 0. The van der Waals surface area contributed by atoms with Crippen molar-refractivity contribution in [3.63, 3.8) is 0 Å². The summed E-state index contributed by atoms with van der Waals surface area (Å²) < 4.78 is 0. The molecular weight excluding hydrogens is 340 g/mol. The van der Waals surface area contributed by atoms with E-state index in [-0.39, 0.29) is 29.8 Å². The first kappa shape index (κ1) is 22.0. The van der Waals surface area contributed by atoms with E-state index in [1.54, 1.807) is 0 Å². The molecule has 2 rings (SSSR count). The van der Waals surface area contributed by atoms with Crippen LogP contribution in [0.15, 0.2) is 12.2 Å². The molecule has 0 aromatic carbocycles. The van der Waals surface area contributed by atoms with Crippen LogP contribution in [0.25, 0.3) is 0 Å². The molecule has 4 unspecified atom stereocenters. The predicted octanol–water partition coefficient (Wildman–Crippen LogP) is 0.871. The average Bonchev–Trinajstić information content (AvgIpc) is 2.59. The summed E-state index contributed by atoms with van der Waals surface area (Å²) in [6.07, 6.45) is 8.79. The van der Waals surface area contributed by atoms with Gasteiger partial charge in [0.1, 0.15) is 17.9 Å². The molecule has 146 valence electrons. The molecule has 8 nitrogen and oxygen atoms in total. The molecule has 2 aliphatic rings. The Morgan fingerprint density at radius 2 is 1.58 bits per heavy atom. The highest BCUT2D eigenvalue weighted by atomic mass is 16.4. The number of nitrogens with two attached hydrogens (primary N) is 2. The largest absolute Gasteiger partial charge is 0.480 e. The van der Waals surface area contributed by atoms with Crippen LogP contribution < -0.4 is 11.5 Å². The van der Waals surface area contributed by atoms with Crippen molar-refractivity contribution < 1.29 is 29.4 Å². The maximum absolute atomic E-state index is 11.3. The van der Waals surface area contributed by atoms with Gasteiger partial charge in [-0.2, -0.15) is 0 Å². The van der Waals surface area contributed by atoms with Crippen LogP contribution in [0.1, 0.15) is 51.4 Å². The molecule has 0 saturated heterocycles. The molecule has 0 spiro atoms. The zero-order chi connectivity index (χ0) is 19.7. The number of hydrogen-bond acceptors (Lipinski definition) is 6. The van der Waals surface area contributed by atoms with Gasteiger partial charge in [-0.15, -0.1) is 0 Å². The lowest BCUT2D eigenvalue weighted by molar-refractivity contribution is -0.140. The fourth-order valence-electron chi connectivity index (χ4n) is 3.13. The Hall–Kier alpha value is -2.06. The fourth-order valence-corrected chi connectivity index (χ4v) is 3.13. The zero-order valence-electron chi connectivity index (χ0n) is 14.8. The molecule has 0 aliphatic heterocycles. The Morgan fingerprint density at radius 3 is 2.08 bits per heavy atom. The van der Waals surface area contributed by atoms with E-state index in [9.17, 15) is 19.2 Å². The lowest BCUT2D eigenvalue weighted by Gasteiger charge is -2.21. The summed E-state index contributed by atoms with van der Waals surface area (Å²) >= 11 is 0. The van der Waals surface area contributed by atoms with Crippen LogP contribution in [0.2, 0.25) is 0 Å². The van der Waals surface area contributed by atoms with Gasteiger partial charge in [0.2, 0.25) is 0 Å². The average molecular weight is 368 g/mol. The fraction of sp³-hybridized carbons (Fsp3) is 0.667. The number of carboxylic acids is 2. The van der Waals surface area contributed by atoms with E-state index < -0.39 is 24.0 Å². The van der Waals surface area contributed by atoms with Gasteiger partial charge < -0.3 is 21.7 Å². The Bertz CT molecular complexity index is 560. The number of aliphatic carboxylic acids is 2. The van der Waals surface area contributed by atoms with Crippen LogP contribution in [0, 0.1) is 11.8 Å². The minimum absolute atomic E-state index is 0.00273. The number of rotatable bonds is 6. The molecule has 1 fully saturated rings. The SMILES string of the molecule is NC(CC1CCC=CC1=O)C(=O)O.NC(CC1CCCCC1=O)C(=O)O. The first-order valence-electron chi connectivity index (χ1n) is 8.92. The highest BCUT2D eigenvalue weighted by Crippen LogP contribution is 2.24. The second kappa shape index (κ2) is 10.8. The lowest BCUT2D eigenvalue weighted by atomic mass is 9.84. The summed E-state index contributed by atoms with van der Waals surface area (Å²) in [5.41, 5.74) is 10.7. The molecule has 4 atom stereocenters. The van der Waals surface area contributed by atoms with E-state index in [0.717, 1.165) is 32.1 Å². The number of ketones is 2. The lowest BCUT2D eigenvalue weighted by Crippen LogP contribution is -2.35. The maximum Gasteiger partial charge on any atom is 0.320 e. The Morgan fingerprint density at radius 1 is 1.00 bits per heavy atom. The minimum atomic E-state index is -1.04. The second-order valence-corrected chi connectivity index (χ2v) is 6.85. The summed E-state index contributed by atoms with van der Waals surface area (Å²) in [5.74, 6) is -2.18. The number of carboxylic acid groups (broad SMARTS) is 2. The van der Waals surface area contributed by atoms with Gasteiger partial charge in [0.15, 0.2) is 5.78 Å².